The average Bonchev–Trinajstić information content (AvgIpc) is 3.22. The third-order valence-electron chi connectivity index (χ3n) is 9.14. The van der Waals surface area contributed by atoms with Crippen LogP contribution >= 0.6 is 0 Å². The second-order valence-electron chi connectivity index (χ2n) is 10.9. The van der Waals surface area contributed by atoms with Crippen LogP contribution in [0.4, 0.5) is 0 Å². The van der Waals surface area contributed by atoms with Crippen molar-refractivity contribution in [3.63, 3.8) is 0 Å². The van der Waals surface area contributed by atoms with Crippen LogP contribution in [-0.4, -0.2) is 56.9 Å². The molecule has 2 bridgehead atoms. The van der Waals surface area contributed by atoms with Gasteiger partial charge in [0.2, 0.25) is 0 Å². The molecule has 0 radical (unpaired) electrons. The van der Waals surface area contributed by atoms with Gasteiger partial charge < -0.3 is 25.2 Å². The Morgan fingerprint density at radius 2 is 1.90 bits per heavy atom. The van der Waals surface area contributed by atoms with Gasteiger partial charge >= 0.3 is 5.97 Å². The van der Waals surface area contributed by atoms with Gasteiger partial charge in [-0.3, -0.25) is 0 Å². The van der Waals surface area contributed by atoms with Crippen molar-refractivity contribution in [1.82, 2.24) is 0 Å². The van der Waals surface area contributed by atoms with E-state index in [-0.39, 0.29) is 29.8 Å². The van der Waals surface area contributed by atoms with Crippen LogP contribution in [0.2, 0.25) is 0 Å². The number of esters is 1. The molecular formula is C25H36O6. The average molecular weight is 433 g/mol. The highest BCUT2D eigenvalue weighted by Crippen LogP contribution is 2.72. The topological polar surface area (TPSA) is 107 Å². The van der Waals surface area contributed by atoms with E-state index in [0.717, 1.165) is 6.42 Å². The molecule has 1 spiro atoms. The molecular weight excluding hydrogens is 396 g/mol. The van der Waals surface area contributed by atoms with Gasteiger partial charge in [-0.05, 0) is 61.5 Å². The van der Waals surface area contributed by atoms with E-state index in [1.165, 1.54) is 0 Å². The molecule has 2 fully saturated rings. The van der Waals surface area contributed by atoms with Gasteiger partial charge in [0.15, 0.2) is 0 Å². The van der Waals surface area contributed by atoms with E-state index in [1.54, 1.807) is 32.9 Å². The molecule has 0 heterocycles. The Hall–Kier alpha value is -1.47. The first kappa shape index (κ1) is 22.7. The lowest BCUT2D eigenvalue weighted by molar-refractivity contribution is -0.215. The van der Waals surface area contributed by atoms with Gasteiger partial charge in [-0.15, -0.1) is 0 Å². The molecule has 1 unspecified atom stereocenters. The van der Waals surface area contributed by atoms with E-state index in [1.807, 2.05) is 13.0 Å². The van der Waals surface area contributed by atoms with Gasteiger partial charge in [-0.1, -0.05) is 39.0 Å². The van der Waals surface area contributed by atoms with E-state index in [4.69, 9.17) is 4.74 Å². The monoisotopic (exact) mass is 432 g/mol. The highest BCUT2D eigenvalue weighted by molar-refractivity contribution is 5.87. The van der Waals surface area contributed by atoms with E-state index in [2.05, 4.69) is 13.8 Å². The Morgan fingerprint density at radius 1 is 1.26 bits per heavy atom. The first-order valence-corrected chi connectivity index (χ1v) is 11.3. The summed E-state index contributed by atoms with van der Waals surface area (Å²) in [7, 11) is 0. The van der Waals surface area contributed by atoms with Crippen LogP contribution in [-0.2, 0) is 9.53 Å². The van der Waals surface area contributed by atoms with Gasteiger partial charge in [-0.2, -0.15) is 0 Å². The predicted octanol–water partition coefficient (Wildman–Crippen LogP) is 2.12. The smallest absolute Gasteiger partial charge is 0.333 e. The fraction of sp³-hybridized carbons (Fsp3) is 0.720. The van der Waals surface area contributed by atoms with E-state index in [0.29, 0.717) is 22.6 Å². The number of ether oxygens (including phenoxy) is 1. The number of fused-ring (bicyclic) bond motifs is 3. The second kappa shape index (κ2) is 7.01. The maximum atomic E-state index is 12.2. The van der Waals surface area contributed by atoms with Crippen molar-refractivity contribution in [2.75, 3.05) is 6.61 Å². The standard InChI is InChI=1S/C25H36O6/c1-7-12(2)22(29)31-11-15-9-16-18-17(23(18,5)6)8-14(4)24(21(16)28)10-13(3)19(26)25(24,30)20(15)27/h7,9-10,14,16-21,26-28,30H,8,11H2,1-6H3/b12-7-/t14-,16+,17-,18+,19+,20-,21?,24+,25-/m1/s1. The molecule has 4 rings (SSSR count). The molecule has 6 nitrogen and oxygen atoms in total. The van der Waals surface area contributed by atoms with Crippen LogP contribution in [0.25, 0.3) is 0 Å². The van der Waals surface area contributed by atoms with E-state index in [9.17, 15) is 25.2 Å². The third kappa shape index (κ3) is 2.74. The summed E-state index contributed by atoms with van der Waals surface area (Å²) in [5.74, 6) is -0.416. The maximum Gasteiger partial charge on any atom is 0.333 e. The second-order valence-corrected chi connectivity index (χ2v) is 10.9. The van der Waals surface area contributed by atoms with Crippen molar-refractivity contribution in [3.8, 4) is 0 Å². The molecule has 4 aliphatic rings. The number of carbonyl (C=O) groups excluding carboxylic acids is 1. The van der Waals surface area contributed by atoms with Crippen molar-refractivity contribution in [3.05, 3.63) is 34.9 Å². The van der Waals surface area contributed by atoms with Crippen molar-refractivity contribution in [2.24, 2.45) is 34.5 Å². The first-order valence-electron chi connectivity index (χ1n) is 11.3. The van der Waals surface area contributed by atoms with Gasteiger partial charge in [-0.25, -0.2) is 4.79 Å². The van der Waals surface area contributed by atoms with Crippen LogP contribution in [0.3, 0.4) is 0 Å². The number of hydrogen-bond acceptors (Lipinski definition) is 6. The summed E-state index contributed by atoms with van der Waals surface area (Å²) < 4.78 is 5.43. The van der Waals surface area contributed by atoms with Crippen molar-refractivity contribution in [2.45, 2.75) is 71.9 Å². The summed E-state index contributed by atoms with van der Waals surface area (Å²) in [6, 6.07) is 0. The summed E-state index contributed by atoms with van der Waals surface area (Å²) in [4.78, 5) is 12.2. The van der Waals surface area contributed by atoms with Gasteiger partial charge in [0.25, 0.3) is 0 Å². The lowest BCUT2D eigenvalue weighted by Gasteiger charge is -2.51. The number of carbonyl (C=O) groups is 1. The van der Waals surface area contributed by atoms with Crippen LogP contribution in [0, 0.1) is 34.5 Å². The van der Waals surface area contributed by atoms with Gasteiger partial charge in [0, 0.05) is 11.5 Å². The quantitative estimate of drug-likeness (QED) is 0.309. The molecule has 0 aliphatic heterocycles. The molecule has 0 amide bonds. The zero-order valence-corrected chi connectivity index (χ0v) is 19.3. The number of aliphatic hydroxyl groups excluding tert-OH is 3. The zero-order valence-electron chi connectivity index (χ0n) is 19.3. The summed E-state index contributed by atoms with van der Waals surface area (Å²) in [5, 5.41) is 46.2. The SMILES string of the molecule is C/C=C(/C)C(=O)OCC1=C[C@@H]2C(O)[C@]3(C=C(C)[C@H](O)[C@@]3(O)[C@@H]1O)[C@H](C)C[C@@H]1[C@H]2C1(C)C. The van der Waals surface area contributed by atoms with Crippen LogP contribution in [0.5, 0.6) is 0 Å². The summed E-state index contributed by atoms with van der Waals surface area (Å²) >= 11 is 0. The maximum absolute atomic E-state index is 12.2. The Labute approximate surface area is 184 Å². The summed E-state index contributed by atoms with van der Waals surface area (Å²) in [6.07, 6.45) is 2.29. The molecule has 0 saturated heterocycles. The number of rotatable bonds is 3. The first-order chi connectivity index (χ1) is 14.4. The Kier molecular flexibility index (Phi) is 5.14. The molecule has 0 aromatic heterocycles. The molecule has 9 atom stereocenters. The Balaban J connectivity index is 1.83. The number of aliphatic hydroxyl groups is 4. The minimum absolute atomic E-state index is 0.0325. The summed E-state index contributed by atoms with van der Waals surface area (Å²) in [6.45, 7) is 11.3. The Morgan fingerprint density at radius 3 is 2.52 bits per heavy atom. The molecule has 31 heavy (non-hydrogen) atoms. The Bertz CT molecular complexity index is 884. The molecule has 172 valence electrons. The van der Waals surface area contributed by atoms with Crippen LogP contribution in [0.15, 0.2) is 34.9 Å². The highest BCUT2D eigenvalue weighted by Gasteiger charge is 2.75. The molecule has 4 aliphatic carbocycles. The van der Waals surface area contributed by atoms with Crippen molar-refractivity contribution in [1.29, 1.82) is 0 Å². The molecule has 4 N–H and O–H groups in total. The largest absolute Gasteiger partial charge is 0.458 e. The fourth-order valence-electron chi connectivity index (χ4n) is 7.11. The molecule has 6 heteroatoms. The summed E-state index contributed by atoms with van der Waals surface area (Å²) in [5.41, 5.74) is -1.83. The van der Waals surface area contributed by atoms with Crippen LogP contribution < -0.4 is 0 Å². The van der Waals surface area contributed by atoms with Gasteiger partial charge in [0.1, 0.15) is 24.4 Å². The fourth-order valence-corrected chi connectivity index (χ4v) is 7.11. The third-order valence-corrected chi connectivity index (χ3v) is 9.14. The van der Waals surface area contributed by atoms with Gasteiger partial charge in [0.05, 0.1) is 11.5 Å². The minimum atomic E-state index is -2.00. The van der Waals surface area contributed by atoms with Crippen molar-refractivity contribution < 1.29 is 30.0 Å². The number of allylic oxidation sites excluding steroid dienone is 1. The highest BCUT2D eigenvalue weighted by atomic mass is 16.5. The lowest BCUT2D eigenvalue weighted by Crippen LogP contribution is -2.66. The molecule has 0 aromatic carbocycles. The normalized spacial score (nSPS) is 47.9. The lowest BCUT2D eigenvalue weighted by atomic mass is 9.58. The van der Waals surface area contributed by atoms with E-state index < -0.39 is 35.3 Å². The minimum Gasteiger partial charge on any atom is -0.458 e. The predicted molar refractivity (Wildman–Crippen MR) is 116 cm³/mol. The van der Waals surface area contributed by atoms with E-state index >= 15 is 0 Å². The van der Waals surface area contributed by atoms with Crippen LogP contribution in [0.1, 0.15) is 48.0 Å². The molecule has 2 saturated carbocycles. The number of hydrogen-bond donors (Lipinski definition) is 4. The van der Waals surface area contributed by atoms with Crippen molar-refractivity contribution >= 4 is 5.97 Å². The zero-order chi connectivity index (χ0) is 23.1. The molecule has 0 aromatic rings.